The van der Waals surface area contributed by atoms with Gasteiger partial charge in [-0.1, -0.05) is 17.4 Å². The summed E-state index contributed by atoms with van der Waals surface area (Å²) in [5.41, 5.74) is 3.13. The Kier molecular flexibility index (Phi) is 4.86. The van der Waals surface area contributed by atoms with Gasteiger partial charge in [0, 0.05) is 12.4 Å². The van der Waals surface area contributed by atoms with Gasteiger partial charge in [0.2, 0.25) is 0 Å². The number of fused-ring (bicyclic) bond motifs is 1. The molecule has 2 aromatic heterocycles. The number of nitrogens with zero attached hydrogens (tertiary/aromatic N) is 3. The number of nitrogens with one attached hydrogen (secondary N) is 1. The molecule has 2 aromatic carbocycles. The minimum atomic E-state index is -0.568. The molecular formula is C20H16N4O3S. The Morgan fingerprint density at radius 3 is 2.75 bits per heavy atom. The number of ether oxygens (including phenoxy) is 1. The molecule has 0 aliphatic carbocycles. The maximum absolute atomic E-state index is 12.1. The van der Waals surface area contributed by atoms with Gasteiger partial charge >= 0.3 is 5.97 Å². The van der Waals surface area contributed by atoms with Gasteiger partial charge in [-0.2, -0.15) is 5.10 Å². The minimum Gasteiger partial charge on any atom is -0.452 e. The van der Waals surface area contributed by atoms with Gasteiger partial charge in [0.25, 0.3) is 5.91 Å². The van der Waals surface area contributed by atoms with Crippen LogP contribution in [0, 0.1) is 6.92 Å². The van der Waals surface area contributed by atoms with Crippen molar-refractivity contribution in [3.05, 3.63) is 72.1 Å². The van der Waals surface area contributed by atoms with Gasteiger partial charge < -0.3 is 4.74 Å². The number of thiazole rings is 1. The molecule has 0 fully saturated rings. The molecule has 4 rings (SSSR count). The molecule has 1 N–H and O–H groups in total. The summed E-state index contributed by atoms with van der Waals surface area (Å²) < 4.78 is 7.76. The van der Waals surface area contributed by atoms with E-state index < -0.39 is 11.9 Å². The zero-order valence-corrected chi connectivity index (χ0v) is 15.8. The summed E-state index contributed by atoms with van der Waals surface area (Å²) >= 11 is 1.38. The van der Waals surface area contributed by atoms with Crippen molar-refractivity contribution in [2.24, 2.45) is 0 Å². The Morgan fingerprint density at radius 2 is 2.00 bits per heavy atom. The lowest BCUT2D eigenvalue weighted by molar-refractivity contribution is -0.119. The fraction of sp³-hybridized carbons (Fsp3) is 0.100. The SMILES string of the molecule is Cc1ccc2nc(NC(=O)COC(=O)c3ccc(-n4cccn4)cc3)sc2c1. The summed E-state index contributed by atoms with van der Waals surface area (Å²) in [4.78, 5) is 28.6. The van der Waals surface area contributed by atoms with Gasteiger partial charge in [-0.25, -0.2) is 14.5 Å². The van der Waals surface area contributed by atoms with Crippen molar-refractivity contribution in [1.82, 2.24) is 14.8 Å². The summed E-state index contributed by atoms with van der Waals surface area (Å²) in [6.45, 7) is 1.62. The van der Waals surface area contributed by atoms with Crippen molar-refractivity contribution in [2.75, 3.05) is 11.9 Å². The van der Waals surface area contributed by atoms with Gasteiger partial charge in [-0.3, -0.25) is 10.1 Å². The number of carbonyl (C=O) groups excluding carboxylic acids is 2. The van der Waals surface area contributed by atoms with E-state index in [0.717, 1.165) is 21.5 Å². The topological polar surface area (TPSA) is 86.1 Å². The summed E-state index contributed by atoms with van der Waals surface area (Å²) in [5.74, 6) is -1.00. The minimum absolute atomic E-state index is 0.360. The molecule has 140 valence electrons. The van der Waals surface area contributed by atoms with Gasteiger partial charge in [-0.05, 0) is 55.0 Å². The molecule has 0 aliphatic rings. The number of hydrogen-bond donors (Lipinski definition) is 1. The van der Waals surface area contributed by atoms with Crippen LogP contribution in [0.4, 0.5) is 5.13 Å². The largest absolute Gasteiger partial charge is 0.452 e. The smallest absolute Gasteiger partial charge is 0.338 e. The normalized spacial score (nSPS) is 10.8. The molecule has 4 aromatic rings. The molecule has 0 bridgehead atoms. The van der Waals surface area contributed by atoms with Crippen LogP contribution in [-0.2, 0) is 9.53 Å². The van der Waals surface area contributed by atoms with Crippen LogP contribution in [0.1, 0.15) is 15.9 Å². The van der Waals surface area contributed by atoms with E-state index >= 15 is 0 Å². The van der Waals surface area contributed by atoms with Crippen molar-refractivity contribution in [2.45, 2.75) is 6.92 Å². The number of aryl methyl sites for hydroxylation is 1. The van der Waals surface area contributed by atoms with Crippen LogP contribution >= 0.6 is 11.3 Å². The molecule has 0 spiro atoms. The second kappa shape index (κ2) is 7.61. The molecule has 0 aliphatic heterocycles. The lowest BCUT2D eigenvalue weighted by Gasteiger charge is -2.06. The number of amides is 1. The molecule has 2 heterocycles. The maximum atomic E-state index is 12.1. The highest BCUT2D eigenvalue weighted by atomic mass is 32.1. The molecule has 1 amide bonds. The quantitative estimate of drug-likeness (QED) is 0.525. The molecule has 0 unspecified atom stereocenters. The van der Waals surface area contributed by atoms with E-state index in [0.29, 0.717) is 10.7 Å². The second-order valence-corrected chi connectivity index (χ2v) is 7.14. The lowest BCUT2D eigenvalue weighted by atomic mass is 10.2. The number of carbonyl (C=O) groups is 2. The van der Waals surface area contributed by atoms with Crippen LogP contribution in [-0.4, -0.2) is 33.2 Å². The lowest BCUT2D eigenvalue weighted by Crippen LogP contribution is -2.20. The zero-order chi connectivity index (χ0) is 19.5. The number of hydrogen-bond acceptors (Lipinski definition) is 6. The van der Waals surface area contributed by atoms with Gasteiger partial charge in [0.15, 0.2) is 11.7 Å². The van der Waals surface area contributed by atoms with Crippen molar-refractivity contribution < 1.29 is 14.3 Å². The molecule has 0 saturated heterocycles. The van der Waals surface area contributed by atoms with Crippen LogP contribution in [0.5, 0.6) is 0 Å². The molecule has 28 heavy (non-hydrogen) atoms. The van der Waals surface area contributed by atoms with Crippen molar-refractivity contribution in [1.29, 1.82) is 0 Å². The van der Waals surface area contributed by atoms with E-state index in [2.05, 4.69) is 15.4 Å². The van der Waals surface area contributed by atoms with Gasteiger partial charge in [0.05, 0.1) is 21.5 Å². The predicted molar refractivity (Wildman–Crippen MR) is 107 cm³/mol. The van der Waals surface area contributed by atoms with Crippen molar-refractivity contribution in [3.8, 4) is 5.69 Å². The molecule has 7 nitrogen and oxygen atoms in total. The van der Waals surface area contributed by atoms with Crippen molar-refractivity contribution in [3.63, 3.8) is 0 Å². The number of rotatable bonds is 5. The first-order chi connectivity index (χ1) is 13.6. The average Bonchev–Trinajstić information content (AvgIpc) is 3.35. The van der Waals surface area contributed by atoms with E-state index in [9.17, 15) is 9.59 Å². The third kappa shape index (κ3) is 3.91. The first-order valence-corrected chi connectivity index (χ1v) is 9.34. The average molecular weight is 392 g/mol. The monoisotopic (exact) mass is 392 g/mol. The van der Waals surface area contributed by atoms with Crippen molar-refractivity contribution >= 4 is 38.6 Å². The van der Waals surface area contributed by atoms with Gasteiger partial charge in [-0.15, -0.1) is 0 Å². The van der Waals surface area contributed by atoms with E-state index in [4.69, 9.17) is 4.74 Å². The Labute approximate surface area is 164 Å². The fourth-order valence-electron chi connectivity index (χ4n) is 2.63. The Bertz CT molecular complexity index is 1130. The van der Waals surface area contributed by atoms with Gasteiger partial charge in [0.1, 0.15) is 0 Å². The number of benzene rings is 2. The van der Waals surface area contributed by atoms with Crippen LogP contribution in [0.2, 0.25) is 0 Å². The van der Waals surface area contributed by atoms with Crippen LogP contribution < -0.4 is 5.32 Å². The highest BCUT2D eigenvalue weighted by molar-refractivity contribution is 7.22. The fourth-order valence-corrected chi connectivity index (χ4v) is 3.61. The summed E-state index contributed by atoms with van der Waals surface area (Å²) in [6, 6.07) is 14.5. The number of aromatic nitrogens is 3. The third-order valence-corrected chi connectivity index (χ3v) is 4.93. The Balaban J connectivity index is 1.34. The van der Waals surface area contributed by atoms with E-state index in [1.165, 1.54) is 11.3 Å². The van der Waals surface area contributed by atoms with E-state index in [-0.39, 0.29) is 6.61 Å². The molecule has 0 radical (unpaired) electrons. The van der Waals surface area contributed by atoms with Crippen LogP contribution in [0.3, 0.4) is 0 Å². The molecule has 0 saturated carbocycles. The first-order valence-electron chi connectivity index (χ1n) is 8.53. The Morgan fingerprint density at radius 1 is 1.18 bits per heavy atom. The third-order valence-electron chi connectivity index (χ3n) is 4.00. The molecular weight excluding hydrogens is 376 g/mol. The molecule has 0 atom stereocenters. The second-order valence-electron chi connectivity index (χ2n) is 6.11. The standard InChI is InChI=1S/C20H16N4O3S/c1-13-3-8-16-17(11-13)28-20(22-16)23-18(25)12-27-19(26)14-4-6-15(7-5-14)24-10-2-9-21-24/h2-11H,12H2,1H3,(H,22,23,25). The molecule has 8 heteroatoms. The summed E-state index contributed by atoms with van der Waals surface area (Å²) in [7, 11) is 0. The van der Waals surface area contributed by atoms with E-state index in [1.807, 2.05) is 31.2 Å². The van der Waals surface area contributed by atoms with Crippen LogP contribution in [0.15, 0.2) is 60.9 Å². The summed E-state index contributed by atoms with van der Waals surface area (Å²) in [6.07, 6.45) is 3.48. The first kappa shape index (κ1) is 17.9. The zero-order valence-electron chi connectivity index (χ0n) is 15.0. The van der Waals surface area contributed by atoms with E-state index in [1.54, 1.807) is 41.3 Å². The highest BCUT2D eigenvalue weighted by Crippen LogP contribution is 2.26. The maximum Gasteiger partial charge on any atom is 0.338 e. The highest BCUT2D eigenvalue weighted by Gasteiger charge is 2.12. The number of esters is 1. The summed E-state index contributed by atoms with van der Waals surface area (Å²) in [5, 5.41) is 7.27. The predicted octanol–water partition coefficient (Wildman–Crippen LogP) is 3.59. The van der Waals surface area contributed by atoms with Crippen LogP contribution in [0.25, 0.3) is 15.9 Å². The Hall–Kier alpha value is -3.52. The number of anilines is 1.